The normalized spacial score (nSPS) is 12.2. The van der Waals surface area contributed by atoms with E-state index in [0.29, 0.717) is 12.3 Å². The van der Waals surface area contributed by atoms with Crippen LogP contribution in [-0.4, -0.2) is 12.6 Å². The average Bonchev–Trinajstić information content (AvgIpc) is 2.91. The van der Waals surface area contributed by atoms with E-state index >= 15 is 0 Å². The first kappa shape index (κ1) is 25.9. The first-order valence-corrected chi connectivity index (χ1v) is 16.5. The van der Waals surface area contributed by atoms with E-state index in [1.807, 2.05) is 12.1 Å². The molecule has 0 heterocycles. The molecule has 0 aromatic heterocycles. The topological polar surface area (TPSA) is 38.3 Å². The van der Waals surface area contributed by atoms with Crippen LogP contribution in [0.5, 0.6) is 0 Å². The van der Waals surface area contributed by atoms with E-state index in [1.165, 1.54) is 15.9 Å². The van der Waals surface area contributed by atoms with Gasteiger partial charge in [-0.05, 0) is 0 Å². The Balaban J connectivity index is 1.88. The molecule has 1 N–H and O–H groups in total. The van der Waals surface area contributed by atoms with Crippen molar-refractivity contribution in [3.8, 4) is 0 Å². The summed E-state index contributed by atoms with van der Waals surface area (Å²) in [5, 5.41) is 3.99. The molecule has 0 atom stereocenters. The summed E-state index contributed by atoms with van der Waals surface area (Å²) in [7, 11) is 0. The predicted octanol–water partition coefficient (Wildman–Crippen LogP) is 6.91. The number of carbonyl (C=O) groups is 1. The van der Waals surface area contributed by atoms with Crippen LogP contribution in [0.1, 0.15) is 18.9 Å². The van der Waals surface area contributed by atoms with Crippen molar-refractivity contribution in [2.45, 2.75) is 19.5 Å². The number of para-hydroxylation sites is 1. The Hall–Kier alpha value is -3.20. The Labute approximate surface area is 221 Å². The molecule has 0 spiro atoms. The van der Waals surface area contributed by atoms with Crippen molar-refractivity contribution in [3.63, 3.8) is 0 Å². The number of rotatable bonds is 10. The fourth-order valence-corrected chi connectivity index (χ4v) is 12.3. The minimum absolute atomic E-state index is 0.121. The third kappa shape index (κ3) is 5.16. The van der Waals surface area contributed by atoms with Crippen LogP contribution in [0.3, 0.4) is 0 Å². The summed E-state index contributed by atoms with van der Waals surface area (Å²) >= 11 is 4.52. The van der Waals surface area contributed by atoms with E-state index in [2.05, 4.69) is 131 Å². The third-order valence-corrected chi connectivity index (χ3v) is 15.8. The van der Waals surface area contributed by atoms with Crippen molar-refractivity contribution < 1.29 is 9.53 Å². The molecule has 5 heteroatoms. The van der Waals surface area contributed by atoms with Gasteiger partial charge in [-0.3, -0.25) is 0 Å². The predicted molar refractivity (Wildman–Crippen MR) is 158 cm³/mol. The zero-order chi connectivity index (χ0) is 25.5. The molecule has 3 nitrogen and oxygen atoms in total. The number of hydrogen-bond acceptors (Lipinski definition) is 3. The fraction of sp³-hybridized carbons (Fsp3) is 0.129. The van der Waals surface area contributed by atoms with Gasteiger partial charge in [0.25, 0.3) is 0 Å². The van der Waals surface area contributed by atoms with Crippen molar-refractivity contribution in [2.75, 3.05) is 11.9 Å². The van der Waals surface area contributed by atoms with Crippen LogP contribution in [0.4, 0.5) is 5.69 Å². The number of anilines is 1. The molecule has 0 aliphatic heterocycles. The SMILES string of the molecule is C=C(CC(=O)OCC)Nc1ccccc1CP(Br)(c1ccccc1)(c1ccccc1)c1ccccc1. The van der Waals surface area contributed by atoms with Gasteiger partial charge >= 0.3 is 222 Å². The molecule has 0 saturated carbocycles. The number of esters is 1. The molecule has 4 aromatic carbocycles. The van der Waals surface area contributed by atoms with Crippen molar-refractivity contribution >= 4 is 48.4 Å². The zero-order valence-electron chi connectivity index (χ0n) is 20.4. The molecular formula is C31H31BrNO2P. The Morgan fingerprint density at radius 2 is 1.22 bits per heavy atom. The van der Waals surface area contributed by atoms with E-state index in [1.54, 1.807) is 6.92 Å². The summed E-state index contributed by atoms with van der Waals surface area (Å²) in [5.74, 6) is -0.287. The second-order valence-corrected chi connectivity index (χ2v) is 17.6. The molecule has 36 heavy (non-hydrogen) atoms. The van der Waals surface area contributed by atoms with E-state index < -0.39 is 5.31 Å². The molecule has 184 valence electrons. The van der Waals surface area contributed by atoms with Crippen LogP contribution < -0.4 is 21.2 Å². The first-order chi connectivity index (χ1) is 17.4. The quantitative estimate of drug-likeness (QED) is 0.169. The number of nitrogens with one attached hydrogen (secondary N) is 1. The third-order valence-electron chi connectivity index (χ3n) is 6.34. The van der Waals surface area contributed by atoms with Gasteiger partial charge in [-0.25, -0.2) is 0 Å². The van der Waals surface area contributed by atoms with Gasteiger partial charge in [-0.1, -0.05) is 0 Å². The number of carbonyl (C=O) groups excluding carboxylic acids is 1. The van der Waals surface area contributed by atoms with Crippen LogP contribution in [-0.2, 0) is 15.7 Å². The van der Waals surface area contributed by atoms with Gasteiger partial charge < -0.3 is 0 Å². The molecule has 4 aromatic rings. The molecule has 0 unspecified atom stereocenters. The maximum absolute atomic E-state index is 12.0. The molecular weight excluding hydrogens is 529 g/mol. The summed E-state index contributed by atoms with van der Waals surface area (Å²) in [6, 6.07) is 40.4. The van der Waals surface area contributed by atoms with E-state index in [-0.39, 0.29) is 12.4 Å². The standard InChI is InChI=1S/C31H31BrNO2P/c1-3-35-31(34)23-25(2)33-30-22-14-13-15-26(30)24-36(32,27-16-7-4-8-17-27,28-18-9-5-10-19-28)29-20-11-6-12-21-29/h4-22,33H,2-3,23-24H2,1H3. The summed E-state index contributed by atoms with van der Waals surface area (Å²) in [6.07, 6.45) is 0.857. The minimum atomic E-state index is -3.16. The molecule has 0 aliphatic rings. The number of ether oxygens (including phenoxy) is 1. The molecule has 0 bridgehead atoms. The van der Waals surface area contributed by atoms with Gasteiger partial charge in [0, 0.05) is 0 Å². The summed E-state index contributed by atoms with van der Waals surface area (Å²) in [6.45, 7) is 6.25. The van der Waals surface area contributed by atoms with Crippen molar-refractivity contribution in [3.05, 3.63) is 133 Å². The Bertz CT molecular complexity index is 1230. The summed E-state index contributed by atoms with van der Waals surface area (Å²) in [5.41, 5.74) is 2.67. The molecule has 0 fully saturated rings. The van der Waals surface area contributed by atoms with Gasteiger partial charge in [0.1, 0.15) is 0 Å². The first-order valence-electron chi connectivity index (χ1n) is 12.0. The number of hydrogen-bond donors (Lipinski definition) is 1. The van der Waals surface area contributed by atoms with Crippen LogP contribution in [0, 0.1) is 0 Å². The van der Waals surface area contributed by atoms with Crippen molar-refractivity contribution in [1.29, 1.82) is 0 Å². The monoisotopic (exact) mass is 559 g/mol. The Morgan fingerprint density at radius 1 is 0.778 bits per heavy atom. The van der Waals surface area contributed by atoms with E-state index in [0.717, 1.165) is 17.4 Å². The van der Waals surface area contributed by atoms with Crippen LogP contribution in [0.15, 0.2) is 128 Å². The van der Waals surface area contributed by atoms with E-state index in [4.69, 9.17) is 4.74 Å². The molecule has 0 saturated heterocycles. The van der Waals surface area contributed by atoms with Gasteiger partial charge in [0.2, 0.25) is 0 Å². The maximum atomic E-state index is 12.0. The average molecular weight is 560 g/mol. The van der Waals surface area contributed by atoms with Gasteiger partial charge in [0.15, 0.2) is 0 Å². The summed E-state index contributed by atoms with van der Waals surface area (Å²) < 4.78 is 5.11. The van der Waals surface area contributed by atoms with Gasteiger partial charge in [-0.2, -0.15) is 0 Å². The molecule has 0 aliphatic carbocycles. The van der Waals surface area contributed by atoms with Crippen LogP contribution >= 0.6 is 20.8 Å². The van der Waals surface area contributed by atoms with Crippen molar-refractivity contribution in [2.24, 2.45) is 0 Å². The second kappa shape index (κ2) is 11.2. The second-order valence-electron chi connectivity index (χ2n) is 8.72. The number of halogens is 1. The Morgan fingerprint density at radius 3 is 1.69 bits per heavy atom. The van der Waals surface area contributed by atoms with Crippen molar-refractivity contribution in [1.82, 2.24) is 0 Å². The fourth-order valence-electron chi connectivity index (χ4n) is 4.66. The zero-order valence-corrected chi connectivity index (χ0v) is 22.9. The van der Waals surface area contributed by atoms with Crippen LogP contribution in [0.25, 0.3) is 0 Å². The molecule has 0 radical (unpaired) electrons. The number of benzene rings is 4. The van der Waals surface area contributed by atoms with Crippen LogP contribution in [0.2, 0.25) is 0 Å². The van der Waals surface area contributed by atoms with E-state index in [9.17, 15) is 4.79 Å². The molecule has 4 rings (SSSR count). The molecule has 0 amide bonds. The van der Waals surface area contributed by atoms with Gasteiger partial charge in [0.05, 0.1) is 0 Å². The summed E-state index contributed by atoms with van der Waals surface area (Å²) in [4.78, 5) is 12.0. The van der Waals surface area contributed by atoms with Gasteiger partial charge in [-0.15, -0.1) is 0 Å². The Kier molecular flexibility index (Phi) is 8.08.